The van der Waals surface area contributed by atoms with Crippen LogP contribution < -0.4 is 15.4 Å². The van der Waals surface area contributed by atoms with E-state index in [1.165, 1.54) is 18.2 Å². The minimum atomic E-state index is -3.06. The highest BCUT2D eigenvalue weighted by molar-refractivity contribution is 7.91. The van der Waals surface area contributed by atoms with Crippen molar-refractivity contribution < 1.29 is 27.4 Å². The summed E-state index contributed by atoms with van der Waals surface area (Å²) in [4.78, 5) is 11.6. The number of hydrogen-bond donors (Lipinski definition) is 3. The second-order valence-corrected chi connectivity index (χ2v) is 7.61. The molecule has 2 atom stereocenters. The van der Waals surface area contributed by atoms with Crippen molar-refractivity contribution in [3.05, 3.63) is 30.1 Å². The van der Waals surface area contributed by atoms with Gasteiger partial charge in [0.05, 0.1) is 11.5 Å². The van der Waals surface area contributed by atoms with Crippen molar-refractivity contribution in [3.8, 4) is 5.75 Å². The first-order valence-corrected chi connectivity index (χ1v) is 8.97. The number of nitrogens with one attached hydrogen (secondary N) is 2. The lowest BCUT2D eigenvalue weighted by Crippen LogP contribution is -2.45. The second kappa shape index (κ2) is 7.60. The van der Waals surface area contributed by atoms with E-state index >= 15 is 0 Å². The average Bonchev–Trinajstić information content (AvgIpc) is 2.82. The summed E-state index contributed by atoms with van der Waals surface area (Å²) in [6.07, 6.45) is -0.586. The Balaban J connectivity index is 1.66. The Hall–Kier alpha value is -1.87. The molecular weight excluding hydrogens is 327 g/mol. The highest BCUT2D eigenvalue weighted by Crippen LogP contribution is 2.12. The van der Waals surface area contributed by atoms with Crippen molar-refractivity contribution >= 4 is 15.9 Å². The highest BCUT2D eigenvalue weighted by Gasteiger charge is 2.28. The minimum absolute atomic E-state index is 0.0638. The van der Waals surface area contributed by atoms with Gasteiger partial charge in [-0.15, -0.1) is 0 Å². The molecule has 2 amide bonds. The highest BCUT2D eigenvalue weighted by atomic mass is 32.2. The molecule has 1 saturated heterocycles. The maximum absolute atomic E-state index is 12.9. The van der Waals surface area contributed by atoms with E-state index in [2.05, 4.69) is 10.6 Å². The molecule has 128 valence electrons. The summed E-state index contributed by atoms with van der Waals surface area (Å²) in [7, 11) is -3.06. The van der Waals surface area contributed by atoms with Gasteiger partial charge in [0.15, 0.2) is 9.84 Å². The van der Waals surface area contributed by atoms with Crippen LogP contribution in [0, 0.1) is 5.82 Å². The molecule has 0 unspecified atom stereocenters. The third kappa shape index (κ3) is 6.03. The van der Waals surface area contributed by atoms with Crippen LogP contribution in [0.4, 0.5) is 9.18 Å². The number of halogens is 1. The zero-order chi connectivity index (χ0) is 16.9. The predicted molar refractivity (Wildman–Crippen MR) is 81.5 cm³/mol. The summed E-state index contributed by atoms with van der Waals surface area (Å²) < 4.78 is 40.7. The van der Waals surface area contributed by atoms with E-state index in [9.17, 15) is 22.7 Å². The van der Waals surface area contributed by atoms with E-state index in [-0.39, 0.29) is 30.4 Å². The minimum Gasteiger partial charge on any atom is -0.491 e. The Bertz CT molecular complexity index is 652. The van der Waals surface area contributed by atoms with Gasteiger partial charge < -0.3 is 20.5 Å². The fourth-order valence-corrected chi connectivity index (χ4v) is 3.84. The molecular formula is C14H19FN2O5S. The van der Waals surface area contributed by atoms with Gasteiger partial charge in [-0.3, -0.25) is 0 Å². The smallest absolute Gasteiger partial charge is 0.315 e. The fraction of sp³-hybridized carbons (Fsp3) is 0.500. The lowest BCUT2D eigenvalue weighted by atomic mass is 10.3. The van der Waals surface area contributed by atoms with Crippen LogP contribution in [0.1, 0.15) is 6.42 Å². The van der Waals surface area contributed by atoms with Gasteiger partial charge in [-0.25, -0.2) is 17.6 Å². The zero-order valence-electron chi connectivity index (χ0n) is 12.4. The normalized spacial score (nSPS) is 20.7. The number of hydrogen-bond acceptors (Lipinski definition) is 5. The molecule has 9 heteroatoms. The Kier molecular flexibility index (Phi) is 5.78. The first-order chi connectivity index (χ1) is 10.8. The van der Waals surface area contributed by atoms with Gasteiger partial charge in [0.1, 0.15) is 24.3 Å². The van der Waals surface area contributed by atoms with Crippen molar-refractivity contribution in [2.24, 2.45) is 0 Å². The molecule has 23 heavy (non-hydrogen) atoms. The quantitative estimate of drug-likeness (QED) is 0.675. The van der Waals surface area contributed by atoms with Crippen molar-refractivity contribution in [1.82, 2.24) is 10.6 Å². The molecule has 3 N–H and O–H groups in total. The second-order valence-electron chi connectivity index (χ2n) is 5.38. The average molecular weight is 346 g/mol. The summed E-state index contributed by atoms with van der Waals surface area (Å²) in [5, 5.41) is 14.7. The van der Waals surface area contributed by atoms with E-state index in [0.29, 0.717) is 6.42 Å². The number of aliphatic hydroxyl groups excluding tert-OH is 1. The molecule has 1 aromatic rings. The number of benzene rings is 1. The molecule has 0 spiro atoms. The predicted octanol–water partition coefficient (Wildman–Crippen LogP) is 0.0517. The Labute approximate surface area is 133 Å². The molecule has 1 aromatic carbocycles. The van der Waals surface area contributed by atoms with E-state index in [4.69, 9.17) is 4.74 Å². The van der Waals surface area contributed by atoms with Crippen molar-refractivity contribution in [1.29, 1.82) is 0 Å². The van der Waals surface area contributed by atoms with Crippen LogP contribution in [0.2, 0.25) is 0 Å². The standard InChI is InChI=1S/C14H19FN2O5S/c15-10-2-1-3-13(6-10)22-8-12(18)7-16-14(19)17-11-4-5-23(20,21)9-11/h1-3,6,11-12,18H,4-5,7-9H2,(H2,16,17,19)/t11-,12+/m1/s1. The number of aliphatic hydroxyl groups is 1. The Morgan fingerprint density at radius 2 is 2.26 bits per heavy atom. The van der Waals surface area contributed by atoms with Gasteiger partial charge in [-0.1, -0.05) is 6.07 Å². The number of ether oxygens (including phenoxy) is 1. The lowest BCUT2D eigenvalue weighted by Gasteiger charge is -2.15. The summed E-state index contributed by atoms with van der Waals surface area (Å²) in [5.74, 6) is -0.154. The Morgan fingerprint density at radius 3 is 2.91 bits per heavy atom. The van der Waals surface area contributed by atoms with Gasteiger partial charge >= 0.3 is 6.03 Å². The molecule has 2 rings (SSSR count). The van der Waals surface area contributed by atoms with Gasteiger partial charge in [0.25, 0.3) is 0 Å². The van der Waals surface area contributed by atoms with Crippen LogP contribution in [0.25, 0.3) is 0 Å². The summed E-state index contributed by atoms with van der Waals surface area (Å²) in [5.41, 5.74) is 0. The van der Waals surface area contributed by atoms with Crippen LogP contribution >= 0.6 is 0 Å². The van der Waals surface area contributed by atoms with E-state index in [0.717, 1.165) is 0 Å². The van der Waals surface area contributed by atoms with Crippen molar-refractivity contribution in [2.45, 2.75) is 18.6 Å². The van der Waals surface area contributed by atoms with E-state index in [1.807, 2.05) is 0 Å². The third-order valence-corrected chi connectivity index (χ3v) is 5.07. The fourth-order valence-electron chi connectivity index (χ4n) is 2.16. The molecule has 1 fully saturated rings. The molecule has 0 aliphatic carbocycles. The Morgan fingerprint density at radius 1 is 1.48 bits per heavy atom. The van der Waals surface area contributed by atoms with Crippen LogP contribution in [0.15, 0.2) is 24.3 Å². The SMILES string of the molecule is O=C(NC[C@H](O)COc1cccc(F)c1)N[C@@H]1CCS(=O)(=O)C1. The molecule has 0 saturated carbocycles. The summed E-state index contributed by atoms with van der Waals surface area (Å²) >= 11 is 0. The van der Waals surface area contributed by atoms with Crippen LogP contribution in [-0.4, -0.2) is 56.4 Å². The van der Waals surface area contributed by atoms with Crippen molar-refractivity contribution in [2.75, 3.05) is 24.7 Å². The van der Waals surface area contributed by atoms with Crippen LogP contribution in [0.5, 0.6) is 5.75 Å². The monoisotopic (exact) mass is 346 g/mol. The number of carbonyl (C=O) groups excluding carboxylic acids is 1. The van der Waals surface area contributed by atoms with Gasteiger partial charge in [-0.2, -0.15) is 0 Å². The van der Waals surface area contributed by atoms with Gasteiger partial charge in [0, 0.05) is 18.7 Å². The van der Waals surface area contributed by atoms with Gasteiger partial charge in [0.2, 0.25) is 0 Å². The third-order valence-electron chi connectivity index (χ3n) is 3.30. The van der Waals surface area contributed by atoms with Crippen LogP contribution in [-0.2, 0) is 9.84 Å². The molecule has 1 aliphatic rings. The van der Waals surface area contributed by atoms with Gasteiger partial charge in [-0.05, 0) is 18.6 Å². The molecule has 0 bridgehead atoms. The molecule has 1 heterocycles. The topological polar surface area (TPSA) is 105 Å². The zero-order valence-corrected chi connectivity index (χ0v) is 13.2. The van der Waals surface area contributed by atoms with E-state index < -0.39 is 33.8 Å². The molecule has 1 aliphatic heterocycles. The number of urea groups is 1. The van der Waals surface area contributed by atoms with Crippen molar-refractivity contribution in [3.63, 3.8) is 0 Å². The number of amides is 2. The number of carbonyl (C=O) groups is 1. The maximum Gasteiger partial charge on any atom is 0.315 e. The first kappa shape index (κ1) is 17.5. The molecule has 7 nitrogen and oxygen atoms in total. The largest absolute Gasteiger partial charge is 0.491 e. The first-order valence-electron chi connectivity index (χ1n) is 7.15. The molecule has 0 aromatic heterocycles. The maximum atomic E-state index is 12.9. The molecule has 0 radical (unpaired) electrons. The van der Waals surface area contributed by atoms with E-state index in [1.54, 1.807) is 6.07 Å². The number of rotatable bonds is 6. The lowest BCUT2D eigenvalue weighted by molar-refractivity contribution is 0.107. The van der Waals surface area contributed by atoms with Crippen LogP contribution in [0.3, 0.4) is 0 Å². The summed E-state index contributed by atoms with van der Waals surface area (Å²) in [6, 6.07) is 4.55. The number of sulfone groups is 1. The summed E-state index contributed by atoms with van der Waals surface area (Å²) in [6.45, 7) is -0.178.